The van der Waals surface area contributed by atoms with Crippen LogP contribution in [0.15, 0.2) is 24.3 Å². The standard InChI is InChI=1S/C15H24N2O2S/c1-3-4-13-20(18,19)16(2)14-7-9-15(10-8-14)17-11-5-6-12-17/h7-10H,3-6,11-13H2,1-2H3. The number of hydrogen-bond donors (Lipinski definition) is 0. The van der Waals surface area contributed by atoms with Crippen LogP contribution in [0.2, 0.25) is 0 Å². The van der Waals surface area contributed by atoms with E-state index in [9.17, 15) is 8.42 Å². The van der Waals surface area contributed by atoms with Gasteiger partial charge in [-0.3, -0.25) is 4.31 Å². The minimum Gasteiger partial charge on any atom is -0.372 e. The Morgan fingerprint density at radius 2 is 1.75 bits per heavy atom. The van der Waals surface area contributed by atoms with Gasteiger partial charge in [-0.05, 0) is 43.5 Å². The average Bonchev–Trinajstić information content (AvgIpc) is 2.99. The van der Waals surface area contributed by atoms with E-state index in [1.165, 1.54) is 22.8 Å². The first-order chi connectivity index (χ1) is 9.54. The molecular weight excluding hydrogens is 272 g/mol. The maximum Gasteiger partial charge on any atom is 0.234 e. The minimum absolute atomic E-state index is 0.216. The third kappa shape index (κ3) is 3.45. The maximum atomic E-state index is 12.1. The van der Waals surface area contributed by atoms with Crippen LogP contribution in [0.3, 0.4) is 0 Å². The molecule has 4 nitrogen and oxygen atoms in total. The van der Waals surface area contributed by atoms with Gasteiger partial charge < -0.3 is 4.90 Å². The van der Waals surface area contributed by atoms with E-state index in [2.05, 4.69) is 4.90 Å². The fourth-order valence-electron chi connectivity index (χ4n) is 2.47. The van der Waals surface area contributed by atoms with E-state index in [4.69, 9.17) is 0 Å². The van der Waals surface area contributed by atoms with Gasteiger partial charge in [0.2, 0.25) is 10.0 Å². The van der Waals surface area contributed by atoms with Gasteiger partial charge in [-0.25, -0.2) is 8.42 Å². The van der Waals surface area contributed by atoms with E-state index < -0.39 is 10.0 Å². The smallest absolute Gasteiger partial charge is 0.234 e. The quantitative estimate of drug-likeness (QED) is 0.810. The molecule has 0 N–H and O–H groups in total. The highest BCUT2D eigenvalue weighted by molar-refractivity contribution is 7.92. The first-order valence-corrected chi connectivity index (χ1v) is 8.97. The van der Waals surface area contributed by atoms with Crippen molar-refractivity contribution in [3.8, 4) is 0 Å². The zero-order valence-corrected chi connectivity index (χ0v) is 13.2. The van der Waals surface area contributed by atoms with Crippen molar-refractivity contribution in [1.82, 2.24) is 0 Å². The van der Waals surface area contributed by atoms with Gasteiger partial charge in [-0.15, -0.1) is 0 Å². The third-order valence-electron chi connectivity index (χ3n) is 3.86. The normalized spacial score (nSPS) is 15.6. The second kappa shape index (κ2) is 6.48. The second-order valence-electron chi connectivity index (χ2n) is 5.35. The number of rotatable bonds is 6. The Morgan fingerprint density at radius 3 is 2.30 bits per heavy atom. The SMILES string of the molecule is CCCCS(=O)(=O)N(C)c1ccc(N2CCCC2)cc1. The Hall–Kier alpha value is -1.23. The van der Waals surface area contributed by atoms with Crippen molar-refractivity contribution in [1.29, 1.82) is 0 Å². The van der Waals surface area contributed by atoms with E-state index in [1.807, 2.05) is 31.2 Å². The highest BCUT2D eigenvalue weighted by Gasteiger charge is 2.18. The topological polar surface area (TPSA) is 40.6 Å². The molecule has 1 aromatic carbocycles. The molecule has 0 radical (unpaired) electrons. The lowest BCUT2D eigenvalue weighted by Crippen LogP contribution is -2.29. The van der Waals surface area contributed by atoms with Gasteiger partial charge in [-0.1, -0.05) is 13.3 Å². The summed E-state index contributed by atoms with van der Waals surface area (Å²) < 4.78 is 25.7. The van der Waals surface area contributed by atoms with Crippen LogP contribution in [0.4, 0.5) is 11.4 Å². The van der Waals surface area contributed by atoms with Gasteiger partial charge in [0.15, 0.2) is 0 Å². The number of nitrogens with zero attached hydrogens (tertiary/aromatic N) is 2. The van der Waals surface area contributed by atoms with Crippen molar-refractivity contribution in [2.24, 2.45) is 0 Å². The molecule has 2 rings (SSSR count). The highest BCUT2D eigenvalue weighted by atomic mass is 32.2. The molecule has 0 aromatic heterocycles. The molecule has 0 atom stereocenters. The molecule has 0 unspecified atom stereocenters. The lowest BCUT2D eigenvalue weighted by Gasteiger charge is -2.22. The summed E-state index contributed by atoms with van der Waals surface area (Å²) in [5.74, 6) is 0.216. The minimum atomic E-state index is -3.19. The number of hydrogen-bond acceptors (Lipinski definition) is 3. The molecule has 1 heterocycles. The fraction of sp³-hybridized carbons (Fsp3) is 0.600. The van der Waals surface area contributed by atoms with Crippen LogP contribution >= 0.6 is 0 Å². The van der Waals surface area contributed by atoms with Crippen LogP contribution < -0.4 is 9.21 Å². The molecule has 0 aliphatic carbocycles. The van der Waals surface area contributed by atoms with Gasteiger partial charge in [0, 0.05) is 25.8 Å². The molecular formula is C15H24N2O2S. The number of sulfonamides is 1. The van der Waals surface area contributed by atoms with Crippen molar-refractivity contribution in [2.75, 3.05) is 35.1 Å². The molecule has 0 bridgehead atoms. The predicted molar refractivity (Wildman–Crippen MR) is 85.0 cm³/mol. The summed E-state index contributed by atoms with van der Waals surface area (Å²) in [7, 11) is -1.55. The van der Waals surface area contributed by atoms with Crippen molar-refractivity contribution < 1.29 is 8.42 Å². The van der Waals surface area contributed by atoms with E-state index in [0.29, 0.717) is 6.42 Å². The summed E-state index contributed by atoms with van der Waals surface area (Å²) in [6, 6.07) is 7.84. The van der Waals surface area contributed by atoms with Crippen LogP contribution in [0.1, 0.15) is 32.6 Å². The van der Waals surface area contributed by atoms with E-state index in [0.717, 1.165) is 25.2 Å². The molecule has 1 aliphatic rings. The average molecular weight is 296 g/mol. The molecule has 0 saturated carbocycles. The summed E-state index contributed by atoms with van der Waals surface area (Å²) in [5, 5.41) is 0. The van der Waals surface area contributed by atoms with E-state index in [-0.39, 0.29) is 5.75 Å². The predicted octanol–water partition coefficient (Wildman–Crippen LogP) is 2.85. The summed E-state index contributed by atoms with van der Waals surface area (Å²) in [4.78, 5) is 2.34. The van der Waals surface area contributed by atoms with Crippen LogP contribution in [-0.2, 0) is 10.0 Å². The van der Waals surface area contributed by atoms with Crippen molar-refractivity contribution in [2.45, 2.75) is 32.6 Å². The lowest BCUT2D eigenvalue weighted by atomic mass is 10.2. The largest absolute Gasteiger partial charge is 0.372 e. The van der Waals surface area contributed by atoms with Crippen LogP contribution in [-0.4, -0.2) is 34.3 Å². The van der Waals surface area contributed by atoms with Gasteiger partial charge in [0.05, 0.1) is 11.4 Å². The summed E-state index contributed by atoms with van der Waals surface area (Å²) in [6.45, 7) is 4.20. The molecule has 5 heteroatoms. The lowest BCUT2D eigenvalue weighted by molar-refractivity contribution is 0.591. The van der Waals surface area contributed by atoms with Crippen molar-refractivity contribution in [3.63, 3.8) is 0 Å². The summed E-state index contributed by atoms with van der Waals surface area (Å²) in [6.07, 6.45) is 4.08. The van der Waals surface area contributed by atoms with Gasteiger partial charge >= 0.3 is 0 Å². The maximum absolute atomic E-state index is 12.1. The molecule has 1 aromatic rings. The molecule has 0 amide bonds. The molecule has 1 fully saturated rings. The Bertz CT molecular complexity index is 519. The first kappa shape index (κ1) is 15.2. The molecule has 1 aliphatic heterocycles. The van der Waals surface area contributed by atoms with Crippen LogP contribution in [0, 0.1) is 0 Å². The van der Waals surface area contributed by atoms with Gasteiger partial charge in [0.25, 0.3) is 0 Å². The van der Waals surface area contributed by atoms with Gasteiger partial charge in [0.1, 0.15) is 0 Å². The first-order valence-electron chi connectivity index (χ1n) is 7.36. The number of benzene rings is 1. The van der Waals surface area contributed by atoms with E-state index in [1.54, 1.807) is 7.05 Å². The van der Waals surface area contributed by atoms with Gasteiger partial charge in [-0.2, -0.15) is 0 Å². The summed E-state index contributed by atoms with van der Waals surface area (Å²) >= 11 is 0. The molecule has 1 saturated heterocycles. The van der Waals surface area contributed by atoms with Crippen LogP contribution in [0.25, 0.3) is 0 Å². The van der Waals surface area contributed by atoms with Crippen molar-refractivity contribution in [3.05, 3.63) is 24.3 Å². The fourth-order valence-corrected chi connectivity index (χ4v) is 3.84. The Morgan fingerprint density at radius 1 is 1.15 bits per heavy atom. The molecule has 0 spiro atoms. The molecule has 20 heavy (non-hydrogen) atoms. The molecule has 112 valence electrons. The third-order valence-corrected chi connectivity index (χ3v) is 5.71. The Labute approximate surface area is 122 Å². The monoisotopic (exact) mass is 296 g/mol. The van der Waals surface area contributed by atoms with Crippen LogP contribution in [0.5, 0.6) is 0 Å². The Kier molecular flexibility index (Phi) is 4.91. The summed E-state index contributed by atoms with van der Waals surface area (Å²) in [5.41, 5.74) is 1.93. The van der Waals surface area contributed by atoms with E-state index >= 15 is 0 Å². The Balaban J connectivity index is 2.08. The number of unbranched alkanes of at least 4 members (excludes halogenated alkanes) is 1. The van der Waals surface area contributed by atoms with Crippen molar-refractivity contribution >= 4 is 21.4 Å². The number of anilines is 2. The zero-order chi connectivity index (χ0) is 14.6. The second-order valence-corrected chi connectivity index (χ2v) is 7.47. The zero-order valence-electron chi connectivity index (χ0n) is 12.4. The highest BCUT2D eigenvalue weighted by Crippen LogP contribution is 2.24.